The number of nitrogens with zero attached hydrogens (tertiary/aromatic N) is 2. The summed E-state index contributed by atoms with van der Waals surface area (Å²) in [7, 11) is 6.68. The fourth-order valence-corrected chi connectivity index (χ4v) is 6.04. The minimum Gasteiger partial charge on any atom is -0.489 e. The monoisotopic (exact) mass is 708 g/mol. The summed E-state index contributed by atoms with van der Waals surface area (Å²) in [6.07, 6.45) is 13.4. The van der Waals surface area contributed by atoms with Gasteiger partial charge >= 0.3 is 13.9 Å². The number of hydrogen-bond acceptors (Lipinski definition) is 8. The lowest BCUT2D eigenvalue weighted by Crippen LogP contribution is -2.37. The van der Waals surface area contributed by atoms with Crippen molar-refractivity contribution in [2.24, 2.45) is 0 Å². The Morgan fingerprint density at radius 1 is 0.878 bits per heavy atom. The molecule has 2 aromatic carbocycles. The van der Waals surface area contributed by atoms with Crippen LogP contribution in [-0.2, 0) is 18.3 Å². The Morgan fingerprint density at radius 2 is 1.49 bits per heavy atom. The van der Waals surface area contributed by atoms with Crippen LogP contribution in [-0.4, -0.2) is 96.0 Å². The van der Waals surface area contributed by atoms with Crippen molar-refractivity contribution >= 4 is 36.2 Å². The number of phosphoric ester groups is 1. The van der Waals surface area contributed by atoms with E-state index in [2.05, 4.69) is 12.2 Å². The van der Waals surface area contributed by atoms with Crippen LogP contribution in [0.15, 0.2) is 30.3 Å². The van der Waals surface area contributed by atoms with Crippen LogP contribution in [0.2, 0.25) is 0 Å². The fraction of sp³-hybridized carbons (Fsp3) is 0.676. The van der Waals surface area contributed by atoms with Gasteiger partial charge in [-0.3, -0.25) is 13.8 Å². The first-order chi connectivity index (χ1) is 23.2. The normalized spacial score (nSPS) is 13.6. The number of quaternary nitrogens is 1. The van der Waals surface area contributed by atoms with Crippen molar-refractivity contribution < 1.29 is 42.1 Å². The van der Waals surface area contributed by atoms with Crippen molar-refractivity contribution in [1.82, 2.24) is 5.32 Å². The Labute approximate surface area is 294 Å². The van der Waals surface area contributed by atoms with Gasteiger partial charge in [0.15, 0.2) is 11.9 Å². The van der Waals surface area contributed by atoms with E-state index in [4.69, 9.17) is 18.5 Å². The fourth-order valence-electron chi connectivity index (χ4n) is 5.29. The Kier molecular flexibility index (Phi) is 19.2. The molecule has 12 heteroatoms. The van der Waals surface area contributed by atoms with Gasteiger partial charge in [0, 0.05) is 44.2 Å². The molecule has 0 radical (unpaired) electrons. The average Bonchev–Trinajstić information content (AvgIpc) is 3.04. The van der Waals surface area contributed by atoms with Gasteiger partial charge in [0.25, 0.3) is 0 Å². The van der Waals surface area contributed by atoms with E-state index in [1.54, 1.807) is 6.07 Å². The number of phosphoric acid groups is 1. The van der Waals surface area contributed by atoms with Crippen molar-refractivity contribution in [3.8, 4) is 5.75 Å². The zero-order chi connectivity index (χ0) is 36.3. The maximum absolute atomic E-state index is 13.3. The number of carbonyl (C=O) groups is 2. The number of anilines is 1. The van der Waals surface area contributed by atoms with Gasteiger partial charge in [0.2, 0.25) is 0 Å². The largest absolute Gasteiger partial charge is 0.489 e. The third-order valence-electron chi connectivity index (χ3n) is 8.34. The second kappa shape index (κ2) is 22.2. The highest BCUT2D eigenvalue weighted by Crippen LogP contribution is 2.43. The second-order valence-electron chi connectivity index (χ2n) is 14.0. The lowest BCUT2D eigenvalue weighted by atomic mass is 9.99. The van der Waals surface area contributed by atoms with Gasteiger partial charge in [-0.25, -0.2) is 9.36 Å². The molecule has 0 heterocycles. The molecule has 0 saturated heterocycles. The van der Waals surface area contributed by atoms with Gasteiger partial charge in [-0.2, -0.15) is 0 Å². The molecular formula is C37H63N3O8P+. The predicted molar refractivity (Wildman–Crippen MR) is 198 cm³/mol. The highest BCUT2D eigenvalue weighted by molar-refractivity contribution is 7.47. The molecule has 1 unspecified atom stereocenters. The number of rotatable bonds is 26. The minimum atomic E-state index is -4.41. The van der Waals surface area contributed by atoms with Crippen LogP contribution >= 0.6 is 7.82 Å². The van der Waals surface area contributed by atoms with Gasteiger partial charge in [0.1, 0.15) is 25.5 Å². The van der Waals surface area contributed by atoms with Gasteiger partial charge < -0.3 is 29.1 Å². The number of alkyl carbamates (subject to hydrolysis) is 1. The number of hydrogen-bond donors (Lipinski definition) is 2. The number of unbranched alkanes of at least 4 members (excludes halogenated alkanes) is 11. The van der Waals surface area contributed by atoms with Crippen LogP contribution in [0.3, 0.4) is 0 Å². The number of amides is 1. The van der Waals surface area contributed by atoms with E-state index in [1.165, 1.54) is 64.8 Å². The van der Waals surface area contributed by atoms with Crippen molar-refractivity contribution in [3.05, 3.63) is 35.9 Å². The quantitative estimate of drug-likeness (QED) is 0.0432. The first-order valence-electron chi connectivity index (χ1n) is 18.0. The molecule has 2 atom stereocenters. The van der Waals surface area contributed by atoms with Crippen molar-refractivity contribution in [1.29, 1.82) is 0 Å². The van der Waals surface area contributed by atoms with E-state index in [9.17, 15) is 19.0 Å². The van der Waals surface area contributed by atoms with Crippen LogP contribution in [0.25, 0.3) is 10.8 Å². The number of carbonyl (C=O) groups excluding carboxylic acids is 2. The SMILES string of the molecule is CCCCCCCCCCCCCCC(=O)c1cc(OC[C@H](COP(=O)(O)OCC[N+](C)(C)C)OC(=O)NC)c2cc(N(C)C)ccc2c1. The standard InChI is InChI=1S/C37H62N3O8P/c1-8-9-10-11-12-13-14-15-16-17-18-19-20-35(41)31-25-30-21-22-32(39(3)4)27-34(30)36(26-31)45-28-33(48-37(42)38-2)29-47-49(43,44)46-24-23-40(5,6)7/h21-22,25-27,33H,8-20,23-24,28-29H2,1-7H3,(H-,38,42,43,44)/p+1/t33-/m1/s1. The number of Topliss-reactive ketones (excluding diaryl/α,β-unsaturated/α-hetero) is 1. The Morgan fingerprint density at radius 3 is 2.06 bits per heavy atom. The molecule has 0 bridgehead atoms. The molecule has 0 aliphatic rings. The highest BCUT2D eigenvalue weighted by Gasteiger charge is 2.27. The van der Waals surface area contributed by atoms with Crippen LogP contribution in [0.5, 0.6) is 5.75 Å². The van der Waals surface area contributed by atoms with Crippen molar-refractivity contribution in [2.45, 2.75) is 96.5 Å². The Bertz CT molecular complexity index is 1330. The van der Waals surface area contributed by atoms with Crippen molar-refractivity contribution in [3.63, 3.8) is 0 Å². The summed E-state index contributed by atoms with van der Waals surface area (Å²) in [5.74, 6) is 0.486. The molecule has 0 saturated carbocycles. The topological polar surface area (TPSA) is 124 Å². The van der Waals surface area contributed by atoms with Crippen LogP contribution in [0.1, 0.15) is 101 Å². The van der Waals surface area contributed by atoms with E-state index in [-0.39, 0.29) is 19.0 Å². The number of ether oxygens (including phenoxy) is 2. The predicted octanol–water partition coefficient (Wildman–Crippen LogP) is 8.12. The van der Waals surface area contributed by atoms with Crippen LogP contribution in [0.4, 0.5) is 10.5 Å². The van der Waals surface area contributed by atoms with E-state index in [0.29, 0.717) is 28.8 Å². The average molecular weight is 709 g/mol. The summed E-state index contributed by atoms with van der Waals surface area (Å²) in [6.45, 7) is 2.12. The Balaban J connectivity index is 2.06. The number of ketones is 1. The molecule has 0 spiro atoms. The number of fused-ring (bicyclic) bond motifs is 1. The summed E-state index contributed by atoms with van der Waals surface area (Å²) in [4.78, 5) is 37.6. The lowest BCUT2D eigenvalue weighted by molar-refractivity contribution is -0.870. The van der Waals surface area contributed by atoms with Crippen LogP contribution < -0.4 is 15.0 Å². The number of likely N-dealkylation sites (N-methyl/N-ethyl adjacent to an activating group) is 1. The van der Waals surface area contributed by atoms with Gasteiger partial charge in [0.05, 0.1) is 27.7 Å². The van der Waals surface area contributed by atoms with E-state index in [1.807, 2.05) is 64.4 Å². The molecular weight excluding hydrogens is 645 g/mol. The molecule has 1 amide bonds. The smallest absolute Gasteiger partial charge is 0.472 e. The molecule has 2 rings (SSSR count). The molecule has 278 valence electrons. The highest BCUT2D eigenvalue weighted by atomic mass is 31.2. The van der Waals surface area contributed by atoms with Gasteiger partial charge in [-0.1, -0.05) is 83.6 Å². The lowest BCUT2D eigenvalue weighted by Gasteiger charge is -2.24. The molecule has 2 N–H and O–H groups in total. The second-order valence-corrected chi connectivity index (χ2v) is 15.5. The van der Waals surface area contributed by atoms with Crippen molar-refractivity contribution in [2.75, 3.05) is 73.6 Å². The summed E-state index contributed by atoms with van der Waals surface area (Å²) in [6, 6.07) is 9.53. The van der Waals surface area contributed by atoms with Gasteiger partial charge in [-0.05, 0) is 36.1 Å². The van der Waals surface area contributed by atoms with E-state index < -0.39 is 26.6 Å². The Hall–Kier alpha value is -2.69. The minimum absolute atomic E-state index is 0.00895. The van der Waals surface area contributed by atoms with Gasteiger partial charge in [-0.15, -0.1) is 0 Å². The van der Waals surface area contributed by atoms with E-state index in [0.717, 1.165) is 35.7 Å². The maximum atomic E-state index is 13.3. The first kappa shape index (κ1) is 42.5. The molecule has 11 nitrogen and oxygen atoms in total. The number of benzene rings is 2. The zero-order valence-corrected chi connectivity index (χ0v) is 32.0. The summed E-state index contributed by atoms with van der Waals surface area (Å²) < 4.78 is 34.9. The third-order valence-corrected chi connectivity index (χ3v) is 9.32. The number of nitrogens with one attached hydrogen (secondary N) is 1. The molecule has 0 fully saturated rings. The summed E-state index contributed by atoms with van der Waals surface area (Å²) >= 11 is 0. The first-order valence-corrected chi connectivity index (χ1v) is 19.5. The third kappa shape index (κ3) is 17.7. The molecule has 0 aliphatic carbocycles. The molecule has 49 heavy (non-hydrogen) atoms. The van der Waals surface area contributed by atoms with Crippen LogP contribution in [0, 0.1) is 0 Å². The molecule has 2 aromatic rings. The maximum Gasteiger partial charge on any atom is 0.472 e. The summed E-state index contributed by atoms with van der Waals surface area (Å²) in [5, 5.41) is 4.00. The molecule has 0 aliphatic heterocycles. The molecule has 0 aromatic heterocycles. The summed E-state index contributed by atoms with van der Waals surface area (Å²) in [5.41, 5.74) is 1.50. The zero-order valence-electron chi connectivity index (χ0n) is 31.1. The van der Waals surface area contributed by atoms with E-state index >= 15 is 0 Å².